The minimum atomic E-state index is -0.984. The van der Waals surface area contributed by atoms with Gasteiger partial charge in [0.2, 0.25) is 11.8 Å². The Balaban J connectivity index is -0.000000680. The van der Waals surface area contributed by atoms with Gasteiger partial charge in [-0.25, -0.2) is 0 Å². The van der Waals surface area contributed by atoms with Crippen molar-refractivity contribution in [1.29, 1.82) is 0 Å². The molecule has 0 heterocycles. The fourth-order valence-corrected chi connectivity index (χ4v) is 3.58. The van der Waals surface area contributed by atoms with E-state index >= 15 is 0 Å². The van der Waals surface area contributed by atoms with Crippen molar-refractivity contribution in [3.63, 3.8) is 0 Å². The van der Waals surface area contributed by atoms with Crippen molar-refractivity contribution in [2.75, 3.05) is 20.7 Å². The maximum Gasteiger partial charge on any atom is 0.318 e. The highest BCUT2D eigenvalue weighted by Gasteiger charge is 2.32. The van der Waals surface area contributed by atoms with Gasteiger partial charge in [0, 0.05) is 31.1 Å². The molecule has 0 radical (unpaired) electrons. The average Bonchev–Trinajstić information content (AvgIpc) is 3.03. The van der Waals surface area contributed by atoms with E-state index in [-0.39, 0.29) is 45.6 Å². The molecule has 2 aromatic carbocycles. The van der Waals surface area contributed by atoms with Gasteiger partial charge in [0.05, 0.1) is 0 Å². The Morgan fingerprint density at radius 3 is 1.49 bits per heavy atom. The zero-order valence-corrected chi connectivity index (χ0v) is 25.2. The lowest BCUT2D eigenvalue weighted by Crippen LogP contribution is -2.41. The van der Waals surface area contributed by atoms with Crippen LogP contribution in [0.4, 0.5) is 0 Å². The Hall–Kier alpha value is -4.33. The molecule has 0 spiro atoms. The lowest BCUT2D eigenvalue weighted by molar-refractivity contribution is -0.153. The third-order valence-electron chi connectivity index (χ3n) is 5.94. The first-order chi connectivity index (χ1) is 19.6. The summed E-state index contributed by atoms with van der Waals surface area (Å²) in [5.41, 5.74) is 0.921. The molecule has 0 N–H and O–H groups in total. The van der Waals surface area contributed by atoms with Gasteiger partial charge in [-0.2, -0.15) is 0 Å². The van der Waals surface area contributed by atoms with Crippen molar-refractivity contribution in [2.24, 2.45) is 11.8 Å². The Kier molecular flexibility index (Phi) is 24.4. The molecule has 43 heavy (non-hydrogen) atoms. The van der Waals surface area contributed by atoms with Crippen LogP contribution in [-0.2, 0) is 19.1 Å². The minimum Gasteiger partial charge on any atom is -0.461 e. The second kappa shape index (κ2) is 24.3. The molecule has 2 atom stereocenters. The van der Waals surface area contributed by atoms with Crippen LogP contribution in [0.1, 0.15) is 82.5 Å². The second-order valence-corrected chi connectivity index (χ2v) is 8.65. The average molecular weight is 597 g/mol. The van der Waals surface area contributed by atoms with Gasteiger partial charge < -0.3 is 4.74 Å². The number of carbonyl (C=O) groups is 5. The van der Waals surface area contributed by atoms with Gasteiger partial charge in [-0.3, -0.25) is 33.8 Å². The van der Waals surface area contributed by atoms with Crippen molar-refractivity contribution < 1.29 is 28.7 Å². The van der Waals surface area contributed by atoms with Crippen molar-refractivity contribution >= 4 is 29.6 Å². The zero-order chi connectivity index (χ0) is 31.4. The number of hydrogen-bond donors (Lipinski definition) is 0. The van der Waals surface area contributed by atoms with E-state index in [9.17, 15) is 24.0 Å². The Bertz CT molecular complexity index is 1130. The van der Waals surface area contributed by atoms with Crippen LogP contribution in [0.5, 0.6) is 0 Å². The molecule has 8 heteroatoms. The largest absolute Gasteiger partial charge is 0.461 e. The summed E-state index contributed by atoms with van der Waals surface area (Å²) in [6.45, 7) is 14.7. The number of imide groups is 2. The van der Waals surface area contributed by atoms with E-state index in [1.54, 1.807) is 67.6 Å². The highest BCUT2D eigenvalue weighted by Crippen LogP contribution is 2.15. The molecule has 0 aliphatic heterocycles. The summed E-state index contributed by atoms with van der Waals surface area (Å²) in [7, 11) is 2.89. The fourth-order valence-electron chi connectivity index (χ4n) is 3.58. The van der Waals surface area contributed by atoms with Crippen LogP contribution >= 0.6 is 0 Å². The first kappa shape index (κ1) is 43.1. The van der Waals surface area contributed by atoms with Crippen LogP contribution in [-0.4, -0.2) is 60.1 Å². The molecule has 8 nitrogen and oxygen atoms in total. The van der Waals surface area contributed by atoms with Gasteiger partial charge in [-0.15, -0.1) is 6.58 Å². The van der Waals surface area contributed by atoms with E-state index in [1.165, 1.54) is 25.1 Å². The smallest absolute Gasteiger partial charge is 0.318 e. The van der Waals surface area contributed by atoms with Crippen LogP contribution < -0.4 is 0 Å². The first-order valence-corrected chi connectivity index (χ1v) is 13.8. The number of esters is 1. The topological polar surface area (TPSA) is 101 Å². The molecule has 0 saturated heterocycles. The normalized spacial score (nSPS) is 10.6. The van der Waals surface area contributed by atoms with Gasteiger partial charge in [-0.1, -0.05) is 97.7 Å². The summed E-state index contributed by atoms with van der Waals surface area (Å²) >= 11 is 0. The molecule has 0 fully saturated rings. The lowest BCUT2D eigenvalue weighted by Gasteiger charge is -2.20. The Morgan fingerprint density at radius 1 is 0.721 bits per heavy atom. The highest BCUT2D eigenvalue weighted by molar-refractivity contribution is 6.09. The van der Waals surface area contributed by atoms with Crippen LogP contribution in [0.25, 0.3) is 0 Å². The molecule has 1 unspecified atom stereocenters. The first-order valence-electron chi connectivity index (χ1n) is 13.8. The standard InChI is InChI=1S/C16H19NO4.C15H19NO2.C2H6.2CH4/c1-4-11-21-16(20)13(5-2)15(19)17(3)14(18)12-9-7-6-8-10-12;1-4-9-12(5-2)14(17)16(3)15(18)13-10-7-6-8-11-13;1-2;;/h4,6-10,13H,1,5,11H2,2-3H3;4,6-8,10-12H,1,5,9H2,2-3H3;1-2H3;2*1H4/t;12-;;;/m.0.../s1. The Morgan fingerprint density at radius 2 is 1.14 bits per heavy atom. The van der Waals surface area contributed by atoms with Gasteiger partial charge in [0.1, 0.15) is 12.5 Å². The highest BCUT2D eigenvalue weighted by atomic mass is 16.5. The van der Waals surface area contributed by atoms with Crippen molar-refractivity contribution in [1.82, 2.24) is 9.80 Å². The van der Waals surface area contributed by atoms with Crippen LogP contribution in [0.15, 0.2) is 86.0 Å². The molecule has 0 saturated carbocycles. The SMILES string of the molecule is C.C.C=CCOC(=O)C(CC)C(=O)N(C)C(=O)c1ccccc1.C=CC[C@H](CC)C(=O)N(C)C(=O)c1ccccc1.CC. The summed E-state index contributed by atoms with van der Waals surface area (Å²) in [4.78, 5) is 62.6. The molecule has 0 aliphatic carbocycles. The van der Waals surface area contributed by atoms with E-state index < -0.39 is 23.7 Å². The van der Waals surface area contributed by atoms with E-state index in [1.807, 2.05) is 26.8 Å². The molecule has 0 aliphatic rings. The van der Waals surface area contributed by atoms with Crippen LogP contribution in [0.2, 0.25) is 0 Å². The maximum atomic E-state index is 12.3. The molecule has 2 aromatic rings. The number of benzene rings is 2. The molecule has 0 aromatic heterocycles. The second-order valence-electron chi connectivity index (χ2n) is 8.65. The number of rotatable bonds is 11. The van der Waals surface area contributed by atoms with E-state index in [0.717, 1.165) is 4.90 Å². The summed E-state index contributed by atoms with van der Waals surface area (Å²) < 4.78 is 4.89. The monoisotopic (exact) mass is 596 g/mol. The van der Waals surface area contributed by atoms with E-state index in [4.69, 9.17) is 4.74 Å². The number of nitrogens with zero attached hydrogens (tertiary/aromatic N) is 2. The molecule has 0 bridgehead atoms. The minimum absolute atomic E-state index is 0. The fraction of sp³-hybridized carbons (Fsp3) is 0.400. The number of carbonyl (C=O) groups excluding carboxylic acids is 5. The van der Waals surface area contributed by atoms with Gasteiger partial charge >= 0.3 is 5.97 Å². The number of allylic oxidation sites excluding steroid dienone is 1. The Labute approximate surface area is 259 Å². The maximum absolute atomic E-state index is 12.3. The molecular weight excluding hydrogens is 544 g/mol. The lowest BCUT2D eigenvalue weighted by atomic mass is 10.0. The summed E-state index contributed by atoms with van der Waals surface area (Å²) in [6, 6.07) is 17.3. The quantitative estimate of drug-likeness (QED) is 0.154. The summed E-state index contributed by atoms with van der Waals surface area (Å²) in [5, 5.41) is 0. The van der Waals surface area contributed by atoms with Crippen molar-refractivity contribution in [3.05, 3.63) is 97.1 Å². The van der Waals surface area contributed by atoms with E-state index in [2.05, 4.69) is 13.2 Å². The van der Waals surface area contributed by atoms with E-state index in [0.29, 0.717) is 24.0 Å². The predicted octanol–water partition coefficient (Wildman–Crippen LogP) is 7.23. The molecule has 238 valence electrons. The van der Waals surface area contributed by atoms with Crippen LogP contribution in [0.3, 0.4) is 0 Å². The number of ether oxygens (including phenoxy) is 1. The third kappa shape index (κ3) is 13.9. The van der Waals surface area contributed by atoms with Gasteiger partial charge in [0.25, 0.3) is 11.8 Å². The van der Waals surface area contributed by atoms with Gasteiger partial charge in [-0.05, 0) is 43.5 Å². The summed E-state index contributed by atoms with van der Waals surface area (Å²) in [5.74, 6) is -3.22. The van der Waals surface area contributed by atoms with Crippen LogP contribution in [0, 0.1) is 11.8 Å². The van der Waals surface area contributed by atoms with Crippen molar-refractivity contribution in [2.45, 2.75) is 61.8 Å². The molecule has 2 rings (SSSR count). The molecule has 4 amide bonds. The number of hydrogen-bond acceptors (Lipinski definition) is 6. The van der Waals surface area contributed by atoms with Gasteiger partial charge in [0.15, 0.2) is 0 Å². The van der Waals surface area contributed by atoms with Crippen molar-refractivity contribution in [3.8, 4) is 0 Å². The summed E-state index contributed by atoms with van der Waals surface area (Å²) in [6.07, 6.45) is 4.71. The number of amides is 4. The predicted molar refractivity (Wildman–Crippen MR) is 175 cm³/mol. The molecular formula is C35H52N2O6. The third-order valence-corrected chi connectivity index (χ3v) is 5.94. The zero-order valence-electron chi connectivity index (χ0n) is 25.2.